The first kappa shape index (κ1) is 26.5. The maximum Gasteiger partial charge on any atom is 0.220 e. The number of amides is 1. The summed E-state index contributed by atoms with van der Waals surface area (Å²) < 4.78 is 16.1. The van der Waals surface area contributed by atoms with E-state index in [1.54, 1.807) is 19.1 Å². The Kier molecular flexibility index (Phi) is 12.9. The van der Waals surface area contributed by atoms with Crippen molar-refractivity contribution in [2.75, 3.05) is 79.9 Å². The van der Waals surface area contributed by atoms with Gasteiger partial charge in [0.25, 0.3) is 0 Å². The Morgan fingerprint density at radius 1 is 1.26 bits per heavy atom. The Labute approximate surface area is 188 Å². The van der Waals surface area contributed by atoms with Crippen molar-refractivity contribution in [2.45, 2.75) is 51.0 Å². The number of methoxy groups -OCH3 is 2. The molecule has 0 aromatic heterocycles. The molecule has 1 amide bonds. The standard InChI is InChI=1S/C23H46N4O4/c1-29-14-10-25-18-20(6-8-23(19-30-2)7-3-5-21(23)24)17-22(28)26-9-4-11-27-12-15-31-16-13-27/h20-21,25H,3-19,24H2,1-2H3,(H,26,28)/p+2. The van der Waals surface area contributed by atoms with E-state index < -0.39 is 0 Å². The van der Waals surface area contributed by atoms with Gasteiger partial charge in [-0.2, -0.15) is 0 Å². The van der Waals surface area contributed by atoms with Crippen LogP contribution in [0.25, 0.3) is 0 Å². The summed E-state index contributed by atoms with van der Waals surface area (Å²) in [5, 5.41) is 6.62. The van der Waals surface area contributed by atoms with Gasteiger partial charge in [-0.1, -0.05) is 0 Å². The van der Waals surface area contributed by atoms with Crippen molar-refractivity contribution in [3.05, 3.63) is 0 Å². The molecular formula is C23H48N4O4+2. The first-order chi connectivity index (χ1) is 15.1. The van der Waals surface area contributed by atoms with E-state index in [-0.39, 0.29) is 11.3 Å². The van der Waals surface area contributed by atoms with E-state index in [0.29, 0.717) is 25.0 Å². The number of carbonyl (C=O) groups excluding carboxylic acids is 1. The van der Waals surface area contributed by atoms with Crippen LogP contribution in [0.1, 0.15) is 44.9 Å². The molecule has 0 aromatic carbocycles. The molecule has 2 fully saturated rings. The van der Waals surface area contributed by atoms with E-state index in [1.807, 2.05) is 0 Å². The predicted octanol–water partition coefficient (Wildman–Crippen LogP) is -1.14. The van der Waals surface area contributed by atoms with Gasteiger partial charge in [-0.05, 0) is 44.6 Å². The Morgan fingerprint density at radius 3 is 2.74 bits per heavy atom. The van der Waals surface area contributed by atoms with E-state index in [1.165, 1.54) is 19.3 Å². The highest BCUT2D eigenvalue weighted by Crippen LogP contribution is 2.41. The van der Waals surface area contributed by atoms with Gasteiger partial charge in [-0.3, -0.25) is 4.79 Å². The van der Waals surface area contributed by atoms with Crippen LogP contribution < -0.4 is 21.3 Å². The molecule has 182 valence electrons. The van der Waals surface area contributed by atoms with Gasteiger partial charge >= 0.3 is 0 Å². The molecule has 31 heavy (non-hydrogen) atoms. The Balaban J connectivity index is 1.75. The maximum atomic E-state index is 12.6. The monoisotopic (exact) mass is 444 g/mol. The van der Waals surface area contributed by atoms with Crippen LogP contribution in [0, 0.1) is 11.3 Å². The smallest absolute Gasteiger partial charge is 0.220 e. The molecule has 3 atom stereocenters. The van der Waals surface area contributed by atoms with Gasteiger partial charge in [0.2, 0.25) is 5.91 Å². The van der Waals surface area contributed by atoms with E-state index in [4.69, 9.17) is 14.2 Å². The second kappa shape index (κ2) is 15.1. The molecule has 0 radical (unpaired) electrons. The van der Waals surface area contributed by atoms with Gasteiger partial charge in [-0.25, -0.2) is 0 Å². The van der Waals surface area contributed by atoms with E-state index in [9.17, 15) is 4.79 Å². The lowest BCUT2D eigenvalue weighted by molar-refractivity contribution is -0.908. The summed E-state index contributed by atoms with van der Waals surface area (Å²) in [6, 6.07) is 0.450. The lowest BCUT2D eigenvalue weighted by atomic mass is 9.77. The third-order valence-corrected chi connectivity index (χ3v) is 7.19. The van der Waals surface area contributed by atoms with Gasteiger partial charge in [0, 0.05) is 45.6 Å². The van der Waals surface area contributed by atoms with Crippen molar-refractivity contribution in [2.24, 2.45) is 11.3 Å². The van der Waals surface area contributed by atoms with Crippen LogP contribution in [0.15, 0.2) is 0 Å². The molecule has 1 aliphatic heterocycles. The summed E-state index contributed by atoms with van der Waals surface area (Å²) in [5.41, 5.74) is 4.60. The number of rotatable bonds is 16. The molecule has 1 aliphatic carbocycles. The number of nitrogens with one attached hydrogen (secondary N) is 3. The summed E-state index contributed by atoms with van der Waals surface area (Å²) in [4.78, 5) is 14.2. The molecule has 8 heteroatoms. The van der Waals surface area contributed by atoms with Crippen LogP contribution in [-0.4, -0.2) is 91.9 Å². The minimum absolute atomic E-state index is 0.175. The first-order valence-electron chi connectivity index (χ1n) is 12.3. The van der Waals surface area contributed by atoms with Crippen LogP contribution in [0.3, 0.4) is 0 Å². The van der Waals surface area contributed by atoms with Crippen molar-refractivity contribution in [1.29, 1.82) is 0 Å². The van der Waals surface area contributed by atoms with E-state index >= 15 is 0 Å². The highest BCUT2D eigenvalue weighted by molar-refractivity contribution is 5.76. The number of carbonyl (C=O) groups is 1. The fraction of sp³-hybridized carbons (Fsp3) is 0.957. The van der Waals surface area contributed by atoms with Crippen LogP contribution >= 0.6 is 0 Å². The Morgan fingerprint density at radius 2 is 2.06 bits per heavy atom. The van der Waals surface area contributed by atoms with Crippen LogP contribution in [0.2, 0.25) is 0 Å². The zero-order valence-electron chi connectivity index (χ0n) is 20.0. The fourth-order valence-electron chi connectivity index (χ4n) is 5.15. The average molecular weight is 445 g/mol. The predicted molar refractivity (Wildman–Crippen MR) is 121 cm³/mol. The summed E-state index contributed by atoms with van der Waals surface area (Å²) in [7, 11) is 3.51. The highest BCUT2D eigenvalue weighted by atomic mass is 16.5. The largest absolute Gasteiger partial charge is 0.384 e. The van der Waals surface area contributed by atoms with Gasteiger partial charge in [0.1, 0.15) is 13.1 Å². The quantitative estimate of drug-likeness (QED) is 0.226. The number of morpholine rings is 1. The molecule has 1 saturated carbocycles. The number of hydrogen-bond acceptors (Lipinski definition) is 5. The number of quaternary nitrogens is 2. The molecule has 2 rings (SSSR count). The minimum Gasteiger partial charge on any atom is -0.384 e. The molecule has 3 unspecified atom stereocenters. The topological polar surface area (TPSA) is 101 Å². The van der Waals surface area contributed by atoms with E-state index in [0.717, 1.165) is 78.4 Å². The summed E-state index contributed by atoms with van der Waals surface area (Å²) in [6.07, 6.45) is 7.33. The van der Waals surface area contributed by atoms with Crippen molar-refractivity contribution < 1.29 is 29.6 Å². The molecule has 1 saturated heterocycles. The minimum atomic E-state index is 0.175. The Hall–Kier alpha value is -0.770. The van der Waals surface area contributed by atoms with Gasteiger partial charge in [0.15, 0.2) is 0 Å². The second-order valence-corrected chi connectivity index (χ2v) is 9.51. The van der Waals surface area contributed by atoms with Crippen LogP contribution in [-0.2, 0) is 19.0 Å². The summed E-state index contributed by atoms with van der Waals surface area (Å²) >= 11 is 0. The lowest BCUT2D eigenvalue weighted by Crippen LogP contribution is -3.14. The van der Waals surface area contributed by atoms with Crippen molar-refractivity contribution in [3.8, 4) is 0 Å². The van der Waals surface area contributed by atoms with Crippen LogP contribution in [0.5, 0.6) is 0 Å². The molecule has 6 N–H and O–H groups in total. The van der Waals surface area contributed by atoms with Crippen molar-refractivity contribution >= 4 is 5.91 Å². The Bertz CT molecular complexity index is 490. The van der Waals surface area contributed by atoms with Gasteiger partial charge in [0.05, 0.1) is 39.0 Å². The third-order valence-electron chi connectivity index (χ3n) is 7.19. The molecule has 0 aromatic rings. The average Bonchev–Trinajstić information content (AvgIpc) is 3.13. The molecule has 2 aliphatic rings. The van der Waals surface area contributed by atoms with Crippen LogP contribution in [0.4, 0.5) is 0 Å². The zero-order chi connectivity index (χ0) is 22.4. The SMILES string of the molecule is COCCNCC(CCC1(COC)CCCC1[NH3+])CC(=O)NCCC[NH+]1CCOCC1. The van der Waals surface area contributed by atoms with Crippen molar-refractivity contribution in [1.82, 2.24) is 10.6 Å². The second-order valence-electron chi connectivity index (χ2n) is 9.51. The van der Waals surface area contributed by atoms with Crippen molar-refractivity contribution in [3.63, 3.8) is 0 Å². The number of ether oxygens (including phenoxy) is 3. The molecule has 0 bridgehead atoms. The number of hydrogen-bond donors (Lipinski definition) is 4. The normalized spacial score (nSPS) is 25.6. The molecule has 1 heterocycles. The van der Waals surface area contributed by atoms with Gasteiger partial charge in [-0.15, -0.1) is 0 Å². The zero-order valence-corrected chi connectivity index (χ0v) is 20.0. The summed E-state index contributed by atoms with van der Waals surface area (Å²) in [5.74, 6) is 0.497. The van der Waals surface area contributed by atoms with Gasteiger partial charge < -0.3 is 35.5 Å². The molecule has 8 nitrogen and oxygen atoms in total. The summed E-state index contributed by atoms with van der Waals surface area (Å²) in [6.45, 7) is 8.89. The highest BCUT2D eigenvalue weighted by Gasteiger charge is 2.43. The molecule has 0 spiro atoms. The van der Waals surface area contributed by atoms with E-state index in [2.05, 4.69) is 16.4 Å². The first-order valence-corrected chi connectivity index (χ1v) is 12.3. The lowest BCUT2D eigenvalue weighted by Gasteiger charge is -2.32. The molecular weight excluding hydrogens is 396 g/mol. The fourth-order valence-corrected chi connectivity index (χ4v) is 5.15. The maximum absolute atomic E-state index is 12.6. The third kappa shape index (κ3) is 9.72.